The van der Waals surface area contributed by atoms with Crippen LogP contribution in [0.3, 0.4) is 0 Å². The average molecular weight is 324 g/mol. The Bertz CT molecular complexity index is 686. The van der Waals surface area contributed by atoms with Crippen molar-refractivity contribution in [2.75, 3.05) is 5.73 Å². The van der Waals surface area contributed by atoms with Crippen LogP contribution in [0, 0.1) is 6.92 Å². The van der Waals surface area contributed by atoms with Gasteiger partial charge in [-0.3, -0.25) is 0 Å². The number of rotatable bonds is 2. The van der Waals surface area contributed by atoms with Crippen molar-refractivity contribution in [3.63, 3.8) is 0 Å². The second-order valence-corrected chi connectivity index (χ2v) is 7.34. The molecule has 0 unspecified atom stereocenters. The van der Waals surface area contributed by atoms with Gasteiger partial charge in [0.1, 0.15) is 10.5 Å². The summed E-state index contributed by atoms with van der Waals surface area (Å²) in [6.45, 7) is 7.49. The fourth-order valence-electron chi connectivity index (χ4n) is 1.88. The largest absolute Gasteiger partial charge is 0.456 e. The minimum Gasteiger partial charge on any atom is -0.456 e. The summed E-state index contributed by atoms with van der Waals surface area (Å²) >= 11 is 7.37. The third kappa shape index (κ3) is 3.77. The van der Waals surface area contributed by atoms with E-state index in [9.17, 15) is 4.79 Å². The van der Waals surface area contributed by atoms with Gasteiger partial charge in [-0.15, -0.1) is 11.3 Å². The Morgan fingerprint density at radius 1 is 1.29 bits per heavy atom. The van der Waals surface area contributed by atoms with E-state index in [-0.39, 0.29) is 0 Å². The molecule has 2 N–H and O–H groups in total. The van der Waals surface area contributed by atoms with Gasteiger partial charge in [-0.1, -0.05) is 17.7 Å². The Hall–Kier alpha value is -1.52. The van der Waals surface area contributed by atoms with Gasteiger partial charge in [0.25, 0.3) is 0 Å². The highest BCUT2D eigenvalue weighted by molar-refractivity contribution is 7.18. The van der Waals surface area contributed by atoms with Crippen LogP contribution in [0.15, 0.2) is 24.3 Å². The molecular formula is C16H18ClNO2S. The fraction of sp³-hybridized carbons (Fsp3) is 0.312. The number of nitrogens with two attached hydrogens (primary N) is 1. The number of ether oxygens (including phenoxy) is 1. The van der Waals surface area contributed by atoms with Crippen LogP contribution in [0.25, 0.3) is 10.4 Å². The molecule has 1 aromatic heterocycles. The molecule has 0 bridgehead atoms. The van der Waals surface area contributed by atoms with E-state index in [0.29, 0.717) is 15.6 Å². The van der Waals surface area contributed by atoms with Crippen molar-refractivity contribution >= 4 is 34.6 Å². The van der Waals surface area contributed by atoms with E-state index >= 15 is 0 Å². The van der Waals surface area contributed by atoms with Crippen LogP contribution in [0.1, 0.15) is 36.0 Å². The summed E-state index contributed by atoms with van der Waals surface area (Å²) in [6, 6.07) is 7.45. The van der Waals surface area contributed by atoms with E-state index in [0.717, 1.165) is 16.0 Å². The molecule has 21 heavy (non-hydrogen) atoms. The van der Waals surface area contributed by atoms with Crippen LogP contribution in [0.4, 0.5) is 5.69 Å². The molecule has 3 nitrogen and oxygen atoms in total. The predicted octanol–water partition coefficient (Wildman–Crippen LogP) is 4.91. The number of halogens is 1. The molecule has 0 aliphatic rings. The number of hydrogen-bond donors (Lipinski definition) is 1. The molecule has 0 aliphatic carbocycles. The monoisotopic (exact) mass is 323 g/mol. The maximum atomic E-state index is 12.2. The lowest BCUT2D eigenvalue weighted by Gasteiger charge is -2.18. The molecule has 112 valence electrons. The van der Waals surface area contributed by atoms with Gasteiger partial charge in [0.15, 0.2) is 0 Å². The van der Waals surface area contributed by atoms with Gasteiger partial charge < -0.3 is 10.5 Å². The maximum absolute atomic E-state index is 12.2. The normalized spacial score (nSPS) is 11.5. The first-order valence-corrected chi connectivity index (χ1v) is 7.76. The number of nitrogen functional groups attached to an aromatic ring is 1. The average Bonchev–Trinajstić information content (AvgIpc) is 2.72. The topological polar surface area (TPSA) is 52.3 Å². The van der Waals surface area contributed by atoms with Gasteiger partial charge in [-0.2, -0.15) is 0 Å². The maximum Gasteiger partial charge on any atom is 0.350 e. The number of carbonyl (C=O) groups is 1. The molecule has 2 rings (SSSR count). The minimum absolute atomic E-state index is 0.393. The smallest absolute Gasteiger partial charge is 0.350 e. The summed E-state index contributed by atoms with van der Waals surface area (Å²) in [5.74, 6) is -0.393. The highest BCUT2D eigenvalue weighted by Crippen LogP contribution is 2.36. The zero-order valence-electron chi connectivity index (χ0n) is 12.5. The van der Waals surface area contributed by atoms with E-state index in [1.165, 1.54) is 11.3 Å². The van der Waals surface area contributed by atoms with E-state index in [4.69, 9.17) is 22.1 Å². The number of aryl methyl sites for hydroxylation is 1. The lowest BCUT2D eigenvalue weighted by molar-refractivity contribution is 0.00764. The zero-order valence-corrected chi connectivity index (χ0v) is 14.1. The van der Waals surface area contributed by atoms with Crippen LogP contribution in [0.5, 0.6) is 0 Å². The van der Waals surface area contributed by atoms with Gasteiger partial charge in [0.2, 0.25) is 0 Å². The fourth-order valence-corrected chi connectivity index (χ4v) is 3.09. The lowest BCUT2D eigenvalue weighted by atomic mass is 10.1. The highest BCUT2D eigenvalue weighted by atomic mass is 35.5. The van der Waals surface area contributed by atoms with Crippen molar-refractivity contribution in [3.8, 4) is 10.4 Å². The molecule has 0 radical (unpaired) electrons. The Labute approximate surface area is 133 Å². The predicted molar refractivity (Wildman–Crippen MR) is 89.1 cm³/mol. The van der Waals surface area contributed by atoms with Crippen LogP contribution >= 0.6 is 22.9 Å². The van der Waals surface area contributed by atoms with Crippen molar-refractivity contribution < 1.29 is 9.53 Å². The van der Waals surface area contributed by atoms with Crippen molar-refractivity contribution in [2.45, 2.75) is 33.3 Å². The quantitative estimate of drug-likeness (QED) is 0.798. The van der Waals surface area contributed by atoms with E-state index in [2.05, 4.69) is 0 Å². The Balaban J connectivity index is 2.39. The molecule has 5 heteroatoms. The molecule has 1 aromatic carbocycles. The van der Waals surface area contributed by atoms with Crippen molar-refractivity contribution in [1.82, 2.24) is 0 Å². The van der Waals surface area contributed by atoms with E-state index in [1.807, 2.05) is 45.9 Å². The van der Waals surface area contributed by atoms with Crippen molar-refractivity contribution in [2.24, 2.45) is 0 Å². The summed E-state index contributed by atoms with van der Waals surface area (Å²) in [4.78, 5) is 13.5. The van der Waals surface area contributed by atoms with Crippen molar-refractivity contribution in [3.05, 3.63) is 39.7 Å². The van der Waals surface area contributed by atoms with Gasteiger partial charge >= 0.3 is 5.97 Å². The SMILES string of the molecule is Cc1ccc(Cl)cc1-c1cc(N)c(C(=O)OC(C)(C)C)s1. The van der Waals surface area contributed by atoms with Crippen molar-refractivity contribution in [1.29, 1.82) is 0 Å². The molecular weight excluding hydrogens is 306 g/mol. The minimum atomic E-state index is -0.542. The van der Waals surface area contributed by atoms with Crippen LogP contribution in [-0.4, -0.2) is 11.6 Å². The number of anilines is 1. The number of carbonyl (C=O) groups excluding carboxylic acids is 1. The summed E-state index contributed by atoms with van der Waals surface area (Å²) < 4.78 is 5.37. The third-order valence-electron chi connectivity index (χ3n) is 2.81. The van der Waals surface area contributed by atoms with Gasteiger partial charge in [-0.05, 0) is 57.0 Å². The number of thiophene rings is 1. The molecule has 1 heterocycles. The second kappa shape index (κ2) is 5.70. The molecule has 0 amide bonds. The first kappa shape index (κ1) is 15.9. The Morgan fingerprint density at radius 2 is 1.95 bits per heavy atom. The Kier molecular flexibility index (Phi) is 4.30. The van der Waals surface area contributed by atoms with E-state index in [1.54, 1.807) is 6.07 Å². The lowest BCUT2D eigenvalue weighted by Crippen LogP contribution is -2.23. The molecule has 2 aromatic rings. The van der Waals surface area contributed by atoms with Gasteiger partial charge in [0, 0.05) is 9.90 Å². The van der Waals surface area contributed by atoms with E-state index < -0.39 is 11.6 Å². The first-order chi connectivity index (χ1) is 9.67. The van der Waals surface area contributed by atoms with Crippen LogP contribution in [-0.2, 0) is 4.74 Å². The highest BCUT2D eigenvalue weighted by Gasteiger charge is 2.22. The second-order valence-electron chi connectivity index (χ2n) is 5.86. The third-order valence-corrected chi connectivity index (χ3v) is 4.21. The summed E-state index contributed by atoms with van der Waals surface area (Å²) in [5.41, 5.74) is 7.92. The molecule has 0 spiro atoms. The number of hydrogen-bond acceptors (Lipinski definition) is 4. The molecule has 0 saturated heterocycles. The molecule has 0 aliphatic heterocycles. The van der Waals surface area contributed by atoms with Crippen LogP contribution in [0.2, 0.25) is 5.02 Å². The molecule has 0 saturated carbocycles. The summed E-state index contributed by atoms with van der Waals surface area (Å²) in [5, 5.41) is 0.654. The standard InChI is InChI=1S/C16H18ClNO2S/c1-9-5-6-10(17)7-11(9)13-8-12(18)14(21-13)15(19)20-16(2,3)4/h5-8H,18H2,1-4H3. The van der Waals surface area contributed by atoms with Gasteiger partial charge in [0.05, 0.1) is 5.69 Å². The Morgan fingerprint density at radius 3 is 2.57 bits per heavy atom. The van der Waals surface area contributed by atoms with Gasteiger partial charge in [-0.25, -0.2) is 4.79 Å². The molecule has 0 atom stereocenters. The number of benzene rings is 1. The van der Waals surface area contributed by atoms with Crippen LogP contribution < -0.4 is 5.73 Å². The number of esters is 1. The first-order valence-electron chi connectivity index (χ1n) is 6.56. The molecule has 0 fully saturated rings. The summed E-state index contributed by atoms with van der Waals surface area (Å²) in [7, 11) is 0. The summed E-state index contributed by atoms with van der Waals surface area (Å²) in [6.07, 6.45) is 0. The zero-order chi connectivity index (χ0) is 15.8.